The van der Waals surface area contributed by atoms with Crippen molar-refractivity contribution in [3.05, 3.63) is 48.9 Å². The first-order chi connectivity index (χ1) is 12.3. The van der Waals surface area contributed by atoms with E-state index in [2.05, 4.69) is 20.3 Å². The Morgan fingerprint density at radius 3 is 2.92 bits per heavy atom. The lowest BCUT2D eigenvalue weighted by molar-refractivity contribution is 0.273. The zero-order valence-electron chi connectivity index (χ0n) is 13.6. The normalized spacial score (nSPS) is 11.1. The maximum absolute atomic E-state index is 12.2. The summed E-state index contributed by atoms with van der Waals surface area (Å²) in [5.41, 5.74) is 1.94. The SMILES string of the molecule is Cn1c2ccncc2c2ccc(Nc3cc(OCCF)ccn3)nc21. The van der Waals surface area contributed by atoms with Crippen LogP contribution in [0.3, 0.4) is 0 Å². The molecule has 25 heavy (non-hydrogen) atoms. The number of ether oxygens (including phenoxy) is 1. The van der Waals surface area contributed by atoms with Gasteiger partial charge in [-0.1, -0.05) is 0 Å². The van der Waals surface area contributed by atoms with Crippen LogP contribution < -0.4 is 10.1 Å². The number of pyridine rings is 3. The molecule has 0 spiro atoms. The predicted molar refractivity (Wildman–Crippen MR) is 95.0 cm³/mol. The van der Waals surface area contributed by atoms with Gasteiger partial charge in [-0.2, -0.15) is 0 Å². The quantitative estimate of drug-likeness (QED) is 0.603. The molecule has 126 valence electrons. The summed E-state index contributed by atoms with van der Waals surface area (Å²) in [4.78, 5) is 13.1. The fraction of sp³-hybridized carbons (Fsp3) is 0.167. The van der Waals surface area contributed by atoms with Crippen molar-refractivity contribution >= 4 is 33.6 Å². The molecule has 0 unspecified atom stereocenters. The number of rotatable bonds is 5. The smallest absolute Gasteiger partial charge is 0.143 e. The Labute approximate surface area is 143 Å². The third kappa shape index (κ3) is 2.84. The number of aryl methyl sites for hydroxylation is 1. The van der Waals surface area contributed by atoms with E-state index >= 15 is 0 Å². The van der Waals surface area contributed by atoms with Gasteiger partial charge in [0.2, 0.25) is 0 Å². The molecule has 0 radical (unpaired) electrons. The van der Waals surface area contributed by atoms with E-state index in [1.807, 2.05) is 36.0 Å². The molecule has 4 aromatic rings. The lowest BCUT2D eigenvalue weighted by atomic mass is 10.2. The van der Waals surface area contributed by atoms with Gasteiger partial charge in [0.1, 0.15) is 36.3 Å². The Hall–Kier alpha value is -3.22. The molecule has 0 aliphatic carbocycles. The number of aromatic nitrogens is 4. The first-order valence-corrected chi connectivity index (χ1v) is 7.87. The molecule has 0 aromatic carbocycles. The van der Waals surface area contributed by atoms with Crippen LogP contribution in [0.15, 0.2) is 48.9 Å². The minimum atomic E-state index is -0.529. The Bertz CT molecular complexity index is 1050. The summed E-state index contributed by atoms with van der Waals surface area (Å²) >= 11 is 0. The van der Waals surface area contributed by atoms with Crippen molar-refractivity contribution in [3.8, 4) is 5.75 Å². The van der Waals surface area contributed by atoms with E-state index in [-0.39, 0.29) is 6.61 Å². The lowest BCUT2D eigenvalue weighted by Gasteiger charge is -2.08. The number of hydrogen-bond acceptors (Lipinski definition) is 5. The summed E-state index contributed by atoms with van der Waals surface area (Å²) in [6.45, 7) is -0.503. The van der Waals surface area contributed by atoms with E-state index < -0.39 is 6.67 Å². The first-order valence-electron chi connectivity index (χ1n) is 7.87. The van der Waals surface area contributed by atoms with Gasteiger partial charge in [-0.25, -0.2) is 14.4 Å². The van der Waals surface area contributed by atoms with Crippen molar-refractivity contribution in [3.63, 3.8) is 0 Å². The van der Waals surface area contributed by atoms with Crippen molar-refractivity contribution < 1.29 is 9.13 Å². The van der Waals surface area contributed by atoms with E-state index in [1.54, 1.807) is 24.5 Å². The van der Waals surface area contributed by atoms with Gasteiger partial charge in [-0.3, -0.25) is 4.98 Å². The molecule has 0 aliphatic rings. The highest BCUT2D eigenvalue weighted by Crippen LogP contribution is 2.28. The molecule has 0 atom stereocenters. The van der Waals surface area contributed by atoms with E-state index in [0.29, 0.717) is 17.4 Å². The van der Waals surface area contributed by atoms with Gasteiger partial charge >= 0.3 is 0 Å². The number of nitrogens with zero attached hydrogens (tertiary/aromatic N) is 4. The molecule has 0 aliphatic heterocycles. The van der Waals surface area contributed by atoms with E-state index in [0.717, 1.165) is 21.9 Å². The highest BCUT2D eigenvalue weighted by Gasteiger charge is 2.10. The van der Waals surface area contributed by atoms with Crippen molar-refractivity contribution in [2.24, 2.45) is 7.05 Å². The minimum Gasteiger partial charge on any atom is -0.491 e. The standard InChI is InChI=1S/C18H16FN5O/c1-24-15-5-7-20-11-14(15)13-2-3-16(23-18(13)24)22-17-10-12(4-8-21-17)25-9-6-19/h2-5,7-8,10-11H,6,9H2,1H3,(H,21,22,23). The Balaban J connectivity index is 1.68. The summed E-state index contributed by atoms with van der Waals surface area (Å²) in [5, 5.41) is 5.27. The first kappa shape index (κ1) is 15.3. The van der Waals surface area contributed by atoms with Gasteiger partial charge in [0.15, 0.2) is 0 Å². The highest BCUT2D eigenvalue weighted by atomic mass is 19.1. The minimum absolute atomic E-state index is 0.0254. The highest BCUT2D eigenvalue weighted by molar-refractivity contribution is 6.06. The summed E-state index contributed by atoms with van der Waals surface area (Å²) < 4.78 is 19.5. The molecule has 0 saturated carbocycles. The Morgan fingerprint density at radius 2 is 2.04 bits per heavy atom. The van der Waals surface area contributed by atoms with Crippen LogP contribution in [0.4, 0.5) is 16.0 Å². The maximum Gasteiger partial charge on any atom is 0.143 e. The predicted octanol–water partition coefficient (Wildman–Crippen LogP) is 3.61. The van der Waals surface area contributed by atoms with E-state index in [4.69, 9.17) is 4.74 Å². The van der Waals surface area contributed by atoms with Gasteiger partial charge in [0, 0.05) is 42.5 Å². The van der Waals surface area contributed by atoms with Gasteiger partial charge in [0.25, 0.3) is 0 Å². The van der Waals surface area contributed by atoms with Crippen LogP contribution in [0.2, 0.25) is 0 Å². The van der Waals surface area contributed by atoms with Crippen LogP contribution >= 0.6 is 0 Å². The van der Waals surface area contributed by atoms with E-state index in [1.165, 1.54) is 0 Å². The molecule has 7 heteroatoms. The molecular formula is C18H16FN5O. The summed E-state index contributed by atoms with van der Waals surface area (Å²) in [6.07, 6.45) is 5.23. The number of fused-ring (bicyclic) bond motifs is 3. The average Bonchev–Trinajstić information content (AvgIpc) is 2.93. The summed E-state index contributed by atoms with van der Waals surface area (Å²) in [7, 11) is 1.98. The van der Waals surface area contributed by atoms with Crippen LogP contribution in [0.1, 0.15) is 0 Å². The third-order valence-corrected chi connectivity index (χ3v) is 3.98. The molecule has 0 bridgehead atoms. The number of halogens is 1. The third-order valence-electron chi connectivity index (χ3n) is 3.98. The fourth-order valence-corrected chi connectivity index (χ4v) is 2.84. The summed E-state index contributed by atoms with van der Waals surface area (Å²) in [6, 6.07) is 9.28. The van der Waals surface area contributed by atoms with Crippen molar-refractivity contribution in [2.75, 3.05) is 18.6 Å². The van der Waals surface area contributed by atoms with Crippen LogP contribution in [-0.4, -0.2) is 32.8 Å². The fourth-order valence-electron chi connectivity index (χ4n) is 2.84. The van der Waals surface area contributed by atoms with Gasteiger partial charge < -0.3 is 14.6 Å². The van der Waals surface area contributed by atoms with Crippen molar-refractivity contribution in [2.45, 2.75) is 0 Å². The molecule has 6 nitrogen and oxygen atoms in total. The number of hydrogen-bond donors (Lipinski definition) is 1. The average molecular weight is 337 g/mol. The molecule has 0 saturated heterocycles. The van der Waals surface area contributed by atoms with Crippen LogP contribution in [0, 0.1) is 0 Å². The topological polar surface area (TPSA) is 64.9 Å². The molecular weight excluding hydrogens is 321 g/mol. The van der Waals surface area contributed by atoms with Gasteiger partial charge in [-0.05, 0) is 24.3 Å². The second kappa shape index (κ2) is 6.35. The Morgan fingerprint density at radius 1 is 1.12 bits per heavy atom. The number of nitrogens with one attached hydrogen (secondary N) is 1. The molecule has 4 heterocycles. The van der Waals surface area contributed by atoms with Gasteiger partial charge in [-0.15, -0.1) is 0 Å². The van der Waals surface area contributed by atoms with Crippen molar-refractivity contribution in [1.29, 1.82) is 0 Å². The van der Waals surface area contributed by atoms with Crippen LogP contribution in [0.25, 0.3) is 21.9 Å². The number of anilines is 2. The zero-order valence-corrected chi connectivity index (χ0v) is 13.6. The van der Waals surface area contributed by atoms with Crippen molar-refractivity contribution in [1.82, 2.24) is 19.5 Å². The molecule has 4 aromatic heterocycles. The Kier molecular flexibility index (Phi) is 3.89. The van der Waals surface area contributed by atoms with E-state index in [9.17, 15) is 4.39 Å². The largest absolute Gasteiger partial charge is 0.491 e. The lowest BCUT2D eigenvalue weighted by Crippen LogP contribution is -2.01. The van der Waals surface area contributed by atoms with Gasteiger partial charge in [0.05, 0.1) is 5.52 Å². The zero-order chi connectivity index (χ0) is 17.2. The molecule has 1 N–H and O–H groups in total. The summed E-state index contributed by atoms with van der Waals surface area (Å²) in [5.74, 6) is 1.82. The number of alkyl halides is 1. The molecule has 0 fully saturated rings. The maximum atomic E-state index is 12.2. The second-order valence-electron chi connectivity index (χ2n) is 5.56. The van der Waals surface area contributed by atoms with Crippen LogP contribution in [-0.2, 0) is 7.05 Å². The van der Waals surface area contributed by atoms with Crippen LogP contribution in [0.5, 0.6) is 5.75 Å². The molecule has 4 rings (SSSR count). The molecule has 0 amide bonds. The second-order valence-corrected chi connectivity index (χ2v) is 5.56. The monoisotopic (exact) mass is 337 g/mol.